The van der Waals surface area contributed by atoms with E-state index >= 15 is 0 Å². The van der Waals surface area contributed by atoms with Crippen molar-refractivity contribution < 1.29 is 0 Å². The largest absolute Gasteiger partial charge is 0.356 e. The molecule has 0 saturated carbocycles. The normalized spacial score (nSPS) is 11.6. The number of hydrogen-bond donors (Lipinski definition) is 2. The van der Waals surface area contributed by atoms with Crippen LogP contribution in [0.5, 0.6) is 0 Å². The second-order valence-corrected chi connectivity index (χ2v) is 6.46. The summed E-state index contributed by atoms with van der Waals surface area (Å²) in [6.07, 6.45) is 0. The van der Waals surface area contributed by atoms with Crippen LogP contribution in [0.25, 0.3) is 0 Å². The molecule has 2 rings (SSSR count). The number of aromatic nitrogens is 2. The second kappa shape index (κ2) is 8.62. The molecule has 0 amide bonds. The molecule has 2 N–H and O–H groups in total. The third kappa shape index (κ3) is 5.03. The van der Waals surface area contributed by atoms with Crippen LogP contribution in [0.2, 0.25) is 0 Å². The summed E-state index contributed by atoms with van der Waals surface area (Å²) in [6.45, 7) is 5.72. The van der Waals surface area contributed by atoms with Crippen molar-refractivity contribution in [1.82, 2.24) is 20.4 Å². The Hall–Kier alpha value is -1.95. The predicted molar refractivity (Wildman–Crippen MR) is 98.0 cm³/mol. The van der Waals surface area contributed by atoms with E-state index in [0.29, 0.717) is 0 Å². The summed E-state index contributed by atoms with van der Waals surface area (Å²) in [4.78, 5) is 5.56. The lowest BCUT2D eigenvalue weighted by molar-refractivity contribution is 0.729. The van der Waals surface area contributed by atoms with Crippen LogP contribution >= 0.6 is 11.8 Å². The Kier molecular flexibility index (Phi) is 6.52. The number of guanidine groups is 1. The van der Waals surface area contributed by atoms with E-state index in [1.807, 2.05) is 36.5 Å². The van der Waals surface area contributed by atoms with Crippen molar-refractivity contribution >= 4 is 17.7 Å². The van der Waals surface area contributed by atoms with E-state index in [1.165, 1.54) is 16.2 Å². The van der Waals surface area contributed by atoms with Crippen LogP contribution < -0.4 is 10.6 Å². The average Bonchev–Trinajstić information content (AvgIpc) is 2.80. The smallest absolute Gasteiger partial charge is 0.191 e. The van der Waals surface area contributed by atoms with Crippen LogP contribution in [-0.2, 0) is 13.6 Å². The maximum atomic E-state index is 4.44. The highest BCUT2D eigenvalue weighted by atomic mass is 32.2. The lowest BCUT2D eigenvalue weighted by atomic mass is 10.2. The van der Waals surface area contributed by atoms with Gasteiger partial charge in [0.25, 0.3) is 0 Å². The van der Waals surface area contributed by atoms with E-state index < -0.39 is 0 Å². The Morgan fingerprint density at radius 3 is 2.57 bits per heavy atom. The first-order valence-corrected chi connectivity index (χ1v) is 8.71. The van der Waals surface area contributed by atoms with Crippen molar-refractivity contribution in [3.05, 3.63) is 47.3 Å². The highest BCUT2D eigenvalue weighted by molar-refractivity contribution is 7.99. The molecule has 0 spiro atoms. The summed E-state index contributed by atoms with van der Waals surface area (Å²) in [7, 11) is 3.77. The molecule has 0 bridgehead atoms. The lowest BCUT2D eigenvalue weighted by Gasteiger charge is -2.12. The number of aryl methyl sites for hydroxylation is 2. The van der Waals surface area contributed by atoms with Gasteiger partial charge in [-0.15, -0.1) is 11.8 Å². The second-order valence-electron chi connectivity index (χ2n) is 5.29. The van der Waals surface area contributed by atoms with Gasteiger partial charge in [-0.1, -0.05) is 18.2 Å². The summed E-state index contributed by atoms with van der Waals surface area (Å²) in [5.41, 5.74) is 3.48. The molecule has 1 heterocycles. The van der Waals surface area contributed by atoms with Crippen LogP contribution in [0.1, 0.15) is 17.0 Å². The van der Waals surface area contributed by atoms with Crippen molar-refractivity contribution in [2.24, 2.45) is 12.0 Å². The van der Waals surface area contributed by atoms with E-state index in [1.54, 1.807) is 7.05 Å². The fourth-order valence-corrected chi connectivity index (χ4v) is 3.11. The Morgan fingerprint density at radius 2 is 1.96 bits per heavy atom. The Labute approximate surface area is 142 Å². The molecule has 0 aliphatic heterocycles. The molecule has 5 nitrogen and oxygen atoms in total. The number of nitrogens with zero attached hydrogens (tertiary/aromatic N) is 3. The van der Waals surface area contributed by atoms with Crippen molar-refractivity contribution in [3.8, 4) is 0 Å². The number of thioether (sulfide) groups is 1. The number of hydrogen-bond acceptors (Lipinski definition) is 3. The van der Waals surface area contributed by atoms with Gasteiger partial charge in [-0.05, 0) is 26.0 Å². The van der Waals surface area contributed by atoms with Gasteiger partial charge in [0, 0.05) is 49.1 Å². The SMILES string of the molecule is CN=C(NCCSc1ccccc1)NCc1c(C)nn(C)c1C. The van der Waals surface area contributed by atoms with Gasteiger partial charge in [-0.3, -0.25) is 9.67 Å². The third-order valence-electron chi connectivity index (χ3n) is 3.72. The first-order chi connectivity index (χ1) is 11.1. The molecule has 1 aromatic carbocycles. The molecule has 0 atom stereocenters. The minimum atomic E-state index is 0.733. The standard InChI is InChI=1S/C17H25N5S/c1-13-16(14(2)22(4)21-13)12-20-17(18-3)19-10-11-23-15-8-6-5-7-9-15/h5-9H,10-12H2,1-4H3,(H2,18,19,20). The lowest BCUT2D eigenvalue weighted by Crippen LogP contribution is -2.38. The third-order valence-corrected chi connectivity index (χ3v) is 4.74. The zero-order valence-corrected chi connectivity index (χ0v) is 15.1. The van der Waals surface area contributed by atoms with Crippen molar-refractivity contribution in [2.75, 3.05) is 19.3 Å². The van der Waals surface area contributed by atoms with E-state index in [4.69, 9.17) is 0 Å². The first-order valence-electron chi connectivity index (χ1n) is 7.73. The molecule has 23 heavy (non-hydrogen) atoms. The molecule has 124 valence electrons. The first kappa shape index (κ1) is 17.4. The topological polar surface area (TPSA) is 54.2 Å². The van der Waals surface area contributed by atoms with Gasteiger partial charge in [0.15, 0.2) is 5.96 Å². The number of nitrogens with one attached hydrogen (secondary N) is 2. The minimum absolute atomic E-state index is 0.733. The Balaban J connectivity index is 1.75. The zero-order valence-electron chi connectivity index (χ0n) is 14.3. The molecule has 1 aromatic heterocycles. The molecule has 0 aliphatic carbocycles. The summed E-state index contributed by atoms with van der Waals surface area (Å²) in [6, 6.07) is 10.4. The number of benzene rings is 1. The molecular formula is C17H25N5S. The number of aliphatic imine (C=N–C) groups is 1. The fourth-order valence-electron chi connectivity index (χ4n) is 2.32. The summed E-state index contributed by atoms with van der Waals surface area (Å²) >= 11 is 1.84. The predicted octanol–water partition coefficient (Wildman–Crippen LogP) is 2.49. The Morgan fingerprint density at radius 1 is 1.22 bits per heavy atom. The van der Waals surface area contributed by atoms with Gasteiger partial charge < -0.3 is 10.6 Å². The molecule has 0 unspecified atom stereocenters. The van der Waals surface area contributed by atoms with Gasteiger partial charge in [0.2, 0.25) is 0 Å². The quantitative estimate of drug-likeness (QED) is 0.370. The maximum Gasteiger partial charge on any atom is 0.191 e. The van der Waals surface area contributed by atoms with Crippen molar-refractivity contribution in [1.29, 1.82) is 0 Å². The minimum Gasteiger partial charge on any atom is -0.356 e. The van der Waals surface area contributed by atoms with Crippen LogP contribution in [0, 0.1) is 13.8 Å². The monoisotopic (exact) mass is 331 g/mol. The van der Waals surface area contributed by atoms with Gasteiger partial charge >= 0.3 is 0 Å². The van der Waals surface area contributed by atoms with Crippen LogP contribution in [0.4, 0.5) is 0 Å². The molecule has 0 fully saturated rings. The Bertz CT molecular complexity index is 649. The van der Waals surface area contributed by atoms with Gasteiger partial charge in [0.1, 0.15) is 0 Å². The van der Waals surface area contributed by atoms with Crippen LogP contribution in [-0.4, -0.2) is 35.1 Å². The van der Waals surface area contributed by atoms with E-state index in [0.717, 1.165) is 30.5 Å². The summed E-state index contributed by atoms with van der Waals surface area (Å²) in [5.74, 6) is 1.82. The van der Waals surface area contributed by atoms with E-state index in [9.17, 15) is 0 Å². The highest BCUT2D eigenvalue weighted by Gasteiger charge is 2.09. The summed E-state index contributed by atoms with van der Waals surface area (Å²) in [5, 5.41) is 11.1. The van der Waals surface area contributed by atoms with Crippen molar-refractivity contribution in [2.45, 2.75) is 25.3 Å². The van der Waals surface area contributed by atoms with E-state index in [2.05, 4.69) is 51.9 Å². The van der Waals surface area contributed by atoms with E-state index in [-0.39, 0.29) is 0 Å². The fraction of sp³-hybridized carbons (Fsp3) is 0.412. The molecule has 0 saturated heterocycles. The van der Waals surface area contributed by atoms with Gasteiger partial charge in [-0.2, -0.15) is 5.10 Å². The highest BCUT2D eigenvalue weighted by Crippen LogP contribution is 2.15. The number of rotatable bonds is 6. The molecule has 2 aromatic rings. The molecular weight excluding hydrogens is 306 g/mol. The van der Waals surface area contributed by atoms with Crippen LogP contribution in [0.3, 0.4) is 0 Å². The van der Waals surface area contributed by atoms with Crippen LogP contribution in [0.15, 0.2) is 40.2 Å². The molecule has 0 radical (unpaired) electrons. The van der Waals surface area contributed by atoms with Gasteiger partial charge in [-0.25, -0.2) is 0 Å². The average molecular weight is 331 g/mol. The molecule has 0 aliphatic rings. The summed E-state index contributed by atoms with van der Waals surface area (Å²) < 4.78 is 1.92. The van der Waals surface area contributed by atoms with Gasteiger partial charge in [0.05, 0.1) is 5.69 Å². The van der Waals surface area contributed by atoms with Crippen molar-refractivity contribution in [3.63, 3.8) is 0 Å². The molecule has 6 heteroatoms. The zero-order chi connectivity index (χ0) is 16.7. The maximum absolute atomic E-state index is 4.44.